The summed E-state index contributed by atoms with van der Waals surface area (Å²) in [6.45, 7) is 7.19. The molecule has 1 aliphatic heterocycles. The van der Waals surface area contributed by atoms with Crippen molar-refractivity contribution in [2.24, 2.45) is 0 Å². The van der Waals surface area contributed by atoms with Gasteiger partial charge in [-0.25, -0.2) is 0 Å². The molecule has 0 aliphatic carbocycles. The molecule has 0 amide bonds. The minimum absolute atomic E-state index is 0.454. The maximum Gasteiger partial charge on any atom is 0.118 e. The Hall–Kier alpha value is -0.873. The Labute approximate surface area is 116 Å². The zero-order chi connectivity index (χ0) is 13.5. The molecule has 1 heterocycles. The van der Waals surface area contributed by atoms with Crippen LogP contribution in [-0.2, 0) is 0 Å². The number of hydrogen-bond donors (Lipinski definition) is 0. The van der Waals surface area contributed by atoms with E-state index in [9.17, 15) is 0 Å². The average molecular weight is 279 g/mol. The summed E-state index contributed by atoms with van der Waals surface area (Å²) in [7, 11) is 2.54. The highest BCUT2D eigenvalue weighted by Crippen LogP contribution is 2.49. The van der Waals surface area contributed by atoms with Crippen LogP contribution in [0.25, 0.3) is 0 Å². The number of rotatable bonds is 3. The molecule has 98 valence electrons. The second-order valence-electron chi connectivity index (χ2n) is 6.01. The number of nitrogens with zero attached hydrogens (tertiary/aromatic N) is 1. The third kappa shape index (κ3) is 2.19. The lowest BCUT2D eigenvalue weighted by atomic mass is 9.94. The molecule has 18 heavy (non-hydrogen) atoms. The van der Waals surface area contributed by atoms with E-state index in [-0.39, 0.29) is 0 Å². The van der Waals surface area contributed by atoms with Crippen LogP contribution in [0, 0.1) is 0 Å². The SMILES string of the molecule is COc1ccc(C2C([Si](C)(C)C)C(=S)N2C)cc1. The minimum Gasteiger partial charge on any atom is -0.497 e. The van der Waals surface area contributed by atoms with E-state index >= 15 is 0 Å². The maximum absolute atomic E-state index is 5.54. The lowest BCUT2D eigenvalue weighted by Crippen LogP contribution is -2.56. The first-order valence-electron chi connectivity index (χ1n) is 6.27. The smallest absolute Gasteiger partial charge is 0.118 e. The van der Waals surface area contributed by atoms with E-state index in [2.05, 4.69) is 43.7 Å². The van der Waals surface area contributed by atoms with E-state index in [0.717, 1.165) is 10.7 Å². The highest BCUT2D eigenvalue weighted by molar-refractivity contribution is 7.80. The molecule has 0 radical (unpaired) electrons. The van der Waals surface area contributed by atoms with Crippen LogP contribution in [0.2, 0.25) is 25.2 Å². The molecule has 1 aromatic carbocycles. The number of benzene rings is 1. The van der Waals surface area contributed by atoms with Crippen molar-refractivity contribution in [3.8, 4) is 5.75 Å². The molecule has 1 aromatic rings. The minimum atomic E-state index is -1.26. The van der Waals surface area contributed by atoms with Gasteiger partial charge in [0.25, 0.3) is 0 Å². The molecular formula is C14H21NOSSi. The van der Waals surface area contributed by atoms with Gasteiger partial charge in [-0.15, -0.1) is 0 Å². The molecule has 2 unspecified atom stereocenters. The summed E-state index contributed by atoms with van der Waals surface area (Å²) in [5.41, 5.74) is 1.92. The molecule has 0 N–H and O–H groups in total. The van der Waals surface area contributed by atoms with Crippen LogP contribution < -0.4 is 4.74 Å². The van der Waals surface area contributed by atoms with E-state index in [1.54, 1.807) is 7.11 Å². The van der Waals surface area contributed by atoms with Gasteiger partial charge in [0.1, 0.15) is 5.75 Å². The fourth-order valence-corrected chi connectivity index (χ4v) is 6.31. The van der Waals surface area contributed by atoms with Crippen molar-refractivity contribution in [3.05, 3.63) is 29.8 Å². The third-order valence-electron chi connectivity index (χ3n) is 3.74. The molecule has 2 rings (SSSR count). The van der Waals surface area contributed by atoms with Gasteiger partial charge < -0.3 is 9.64 Å². The molecule has 4 heteroatoms. The standard InChI is InChI=1S/C14H21NOSSi/c1-15-12(13(14(15)17)18(3,4)5)10-6-8-11(16-2)9-7-10/h6-9,12-13H,1-5H3. The van der Waals surface area contributed by atoms with Gasteiger partial charge in [0.2, 0.25) is 0 Å². The summed E-state index contributed by atoms with van der Waals surface area (Å²) in [4.78, 5) is 3.37. The summed E-state index contributed by atoms with van der Waals surface area (Å²) in [6, 6.07) is 8.84. The van der Waals surface area contributed by atoms with Gasteiger partial charge in [0, 0.05) is 12.6 Å². The Kier molecular flexibility index (Phi) is 3.51. The van der Waals surface area contributed by atoms with Crippen LogP contribution in [0.4, 0.5) is 0 Å². The Morgan fingerprint density at radius 3 is 2.17 bits per heavy atom. The van der Waals surface area contributed by atoms with Crippen LogP contribution in [0.3, 0.4) is 0 Å². The molecule has 1 saturated heterocycles. The van der Waals surface area contributed by atoms with E-state index < -0.39 is 8.07 Å². The molecule has 0 aromatic heterocycles. The van der Waals surface area contributed by atoms with Crippen molar-refractivity contribution < 1.29 is 4.74 Å². The van der Waals surface area contributed by atoms with Crippen LogP contribution >= 0.6 is 12.2 Å². The van der Waals surface area contributed by atoms with Crippen molar-refractivity contribution in [1.29, 1.82) is 0 Å². The molecule has 0 saturated carbocycles. The van der Waals surface area contributed by atoms with Crippen LogP contribution in [-0.4, -0.2) is 32.1 Å². The summed E-state index contributed by atoms with van der Waals surface area (Å²) >= 11 is 5.54. The highest BCUT2D eigenvalue weighted by Gasteiger charge is 2.49. The van der Waals surface area contributed by atoms with Gasteiger partial charge in [-0.2, -0.15) is 0 Å². The lowest BCUT2D eigenvalue weighted by molar-refractivity contribution is 0.305. The van der Waals surface area contributed by atoms with Crippen LogP contribution in [0.5, 0.6) is 5.75 Å². The van der Waals surface area contributed by atoms with Crippen LogP contribution in [0.15, 0.2) is 24.3 Å². The third-order valence-corrected chi connectivity index (χ3v) is 6.94. The van der Waals surface area contributed by atoms with Crippen LogP contribution in [0.1, 0.15) is 11.6 Å². The summed E-state index contributed by atoms with van der Waals surface area (Å²) in [5, 5.41) is 0. The maximum atomic E-state index is 5.54. The van der Waals surface area contributed by atoms with Gasteiger partial charge in [0.15, 0.2) is 0 Å². The number of likely N-dealkylation sites (tertiary alicyclic amines) is 1. The van der Waals surface area contributed by atoms with Gasteiger partial charge >= 0.3 is 0 Å². The number of thiocarbonyl (C=S) groups is 1. The first kappa shape index (κ1) is 13.6. The van der Waals surface area contributed by atoms with E-state index in [0.29, 0.717) is 11.6 Å². The summed E-state index contributed by atoms with van der Waals surface area (Å²) in [6.07, 6.45) is 0. The molecule has 0 spiro atoms. The fourth-order valence-electron chi connectivity index (χ4n) is 2.69. The largest absolute Gasteiger partial charge is 0.497 e. The van der Waals surface area contributed by atoms with E-state index in [4.69, 9.17) is 17.0 Å². The summed E-state index contributed by atoms with van der Waals surface area (Å²) in [5.74, 6) is 0.910. The number of hydrogen-bond acceptors (Lipinski definition) is 2. The predicted octanol–water partition coefficient (Wildman–Crippen LogP) is 3.72. The highest BCUT2D eigenvalue weighted by atomic mass is 32.1. The van der Waals surface area contributed by atoms with E-state index in [1.165, 1.54) is 5.56 Å². The zero-order valence-corrected chi connectivity index (χ0v) is 13.5. The summed E-state index contributed by atoms with van der Waals surface area (Å²) < 4.78 is 5.21. The quantitative estimate of drug-likeness (QED) is 0.618. The van der Waals surface area contributed by atoms with Crippen molar-refractivity contribution >= 4 is 25.3 Å². The molecule has 2 nitrogen and oxygen atoms in total. The first-order chi connectivity index (χ1) is 8.36. The van der Waals surface area contributed by atoms with Gasteiger partial charge in [-0.05, 0) is 17.7 Å². The normalized spacial score (nSPS) is 23.8. The Morgan fingerprint density at radius 2 is 1.72 bits per heavy atom. The zero-order valence-electron chi connectivity index (χ0n) is 11.7. The predicted molar refractivity (Wildman–Crippen MR) is 83.2 cm³/mol. The second kappa shape index (κ2) is 4.66. The number of ether oxygens (including phenoxy) is 1. The van der Waals surface area contributed by atoms with Gasteiger partial charge in [0.05, 0.1) is 26.2 Å². The molecular weight excluding hydrogens is 258 g/mol. The lowest BCUT2D eigenvalue weighted by Gasteiger charge is -2.53. The Bertz CT molecular complexity index is 452. The average Bonchev–Trinajstić information content (AvgIpc) is 2.33. The van der Waals surface area contributed by atoms with Crippen molar-refractivity contribution in [1.82, 2.24) is 4.90 Å². The van der Waals surface area contributed by atoms with Crippen molar-refractivity contribution in [2.45, 2.75) is 31.2 Å². The number of methoxy groups -OCH3 is 1. The monoisotopic (exact) mass is 279 g/mol. The van der Waals surface area contributed by atoms with Gasteiger partial charge in [-0.3, -0.25) is 0 Å². The molecule has 0 bridgehead atoms. The topological polar surface area (TPSA) is 12.5 Å². The van der Waals surface area contributed by atoms with Gasteiger partial charge in [-0.1, -0.05) is 44.0 Å². The van der Waals surface area contributed by atoms with E-state index in [1.807, 2.05) is 12.1 Å². The van der Waals surface area contributed by atoms with Crippen molar-refractivity contribution in [2.75, 3.05) is 14.2 Å². The Balaban J connectivity index is 2.28. The molecule has 1 fully saturated rings. The molecule has 2 atom stereocenters. The Morgan fingerprint density at radius 1 is 1.17 bits per heavy atom. The molecule has 1 aliphatic rings. The fraction of sp³-hybridized carbons (Fsp3) is 0.500. The first-order valence-corrected chi connectivity index (χ1v) is 10.3. The second-order valence-corrected chi connectivity index (χ2v) is 11.8. The van der Waals surface area contributed by atoms with Crippen molar-refractivity contribution in [3.63, 3.8) is 0 Å².